The molecule has 0 unspecified atom stereocenters. The predicted octanol–water partition coefficient (Wildman–Crippen LogP) is 2.23. The minimum atomic E-state index is -3.88. The van der Waals surface area contributed by atoms with Gasteiger partial charge in [0, 0.05) is 5.56 Å². The molecule has 0 saturated heterocycles. The van der Waals surface area contributed by atoms with Crippen LogP contribution in [-0.2, 0) is 15.6 Å². The van der Waals surface area contributed by atoms with Crippen molar-refractivity contribution in [1.29, 1.82) is 0 Å². The molecule has 0 spiro atoms. The standard InChI is InChI=1S/C15H17NO3S/c1-15(2,17)12-9-6-10-13(20(16,18)19)14(12)11-7-4-3-5-8-11/h3-10,17H,1-2H3,(H2,16,18,19). The van der Waals surface area contributed by atoms with E-state index in [1.54, 1.807) is 38.1 Å². The Bertz CT molecular complexity index is 717. The van der Waals surface area contributed by atoms with E-state index in [0.29, 0.717) is 16.7 Å². The third kappa shape index (κ3) is 2.90. The molecule has 0 bridgehead atoms. The maximum atomic E-state index is 11.8. The summed E-state index contributed by atoms with van der Waals surface area (Å²) in [7, 11) is -3.88. The monoisotopic (exact) mass is 291 g/mol. The fourth-order valence-corrected chi connectivity index (χ4v) is 2.96. The lowest BCUT2D eigenvalue weighted by atomic mass is 9.89. The molecule has 2 aromatic rings. The Kier molecular flexibility index (Phi) is 3.69. The number of hydrogen-bond acceptors (Lipinski definition) is 3. The van der Waals surface area contributed by atoms with E-state index in [0.717, 1.165) is 0 Å². The van der Waals surface area contributed by atoms with Gasteiger partial charge in [0.1, 0.15) is 0 Å². The van der Waals surface area contributed by atoms with Crippen molar-refractivity contribution < 1.29 is 13.5 Å². The van der Waals surface area contributed by atoms with Gasteiger partial charge in [-0.1, -0.05) is 42.5 Å². The van der Waals surface area contributed by atoms with Gasteiger partial charge < -0.3 is 5.11 Å². The molecule has 0 heterocycles. The maximum Gasteiger partial charge on any atom is 0.238 e. The van der Waals surface area contributed by atoms with Gasteiger partial charge in [-0.3, -0.25) is 0 Å². The largest absolute Gasteiger partial charge is 0.386 e. The Morgan fingerprint density at radius 1 is 1.00 bits per heavy atom. The molecule has 106 valence electrons. The Labute approximate surface area is 118 Å². The van der Waals surface area contributed by atoms with Crippen molar-refractivity contribution in [2.45, 2.75) is 24.3 Å². The highest BCUT2D eigenvalue weighted by atomic mass is 32.2. The lowest BCUT2D eigenvalue weighted by Gasteiger charge is -2.23. The first kappa shape index (κ1) is 14.7. The van der Waals surface area contributed by atoms with Crippen molar-refractivity contribution in [3.05, 3.63) is 54.1 Å². The van der Waals surface area contributed by atoms with Gasteiger partial charge in [-0.2, -0.15) is 0 Å². The summed E-state index contributed by atoms with van der Waals surface area (Å²) < 4.78 is 23.6. The molecule has 0 radical (unpaired) electrons. The smallest absolute Gasteiger partial charge is 0.238 e. The highest BCUT2D eigenvalue weighted by molar-refractivity contribution is 7.89. The molecule has 0 aliphatic carbocycles. The Morgan fingerprint density at radius 3 is 2.10 bits per heavy atom. The van der Waals surface area contributed by atoms with E-state index in [-0.39, 0.29) is 4.90 Å². The summed E-state index contributed by atoms with van der Waals surface area (Å²) in [6.07, 6.45) is 0. The second-order valence-corrected chi connectivity index (χ2v) is 6.68. The van der Waals surface area contributed by atoms with E-state index in [4.69, 9.17) is 5.14 Å². The van der Waals surface area contributed by atoms with E-state index in [2.05, 4.69) is 0 Å². The fraction of sp³-hybridized carbons (Fsp3) is 0.200. The summed E-state index contributed by atoms with van der Waals surface area (Å²) >= 11 is 0. The molecule has 0 aliphatic rings. The van der Waals surface area contributed by atoms with Crippen LogP contribution >= 0.6 is 0 Å². The van der Waals surface area contributed by atoms with Crippen LogP contribution in [0.2, 0.25) is 0 Å². The molecule has 20 heavy (non-hydrogen) atoms. The average molecular weight is 291 g/mol. The fourth-order valence-electron chi connectivity index (χ4n) is 2.18. The SMILES string of the molecule is CC(C)(O)c1cccc(S(N)(=O)=O)c1-c1ccccc1. The summed E-state index contributed by atoms with van der Waals surface area (Å²) in [5.74, 6) is 0. The van der Waals surface area contributed by atoms with Crippen LogP contribution in [0.25, 0.3) is 11.1 Å². The Hall–Kier alpha value is -1.69. The molecule has 0 saturated carbocycles. The van der Waals surface area contributed by atoms with E-state index in [9.17, 15) is 13.5 Å². The molecule has 2 rings (SSSR count). The van der Waals surface area contributed by atoms with Gasteiger partial charge in [-0.05, 0) is 31.0 Å². The zero-order valence-corrected chi connectivity index (χ0v) is 12.2. The highest BCUT2D eigenvalue weighted by Crippen LogP contribution is 2.35. The molecule has 3 N–H and O–H groups in total. The number of benzene rings is 2. The molecule has 5 heteroatoms. The summed E-state index contributed by atoms with van der Waals surface area (Å²) in [5, 5.41) is 15.6. The van der Waals surface area contributed by atoms with E-state index < -0.39 is 15.6 Å². The van der Waals surface area contributed by atoms with Gasteiger partial charge in [-0.25, -0.2) is 13.6 Å². The lowest BCUT2D eigenvalue weighted by molar-refractivity contribution is 0.0790. The third-order valence-electron chi connectivity index (χ3n) is 3.05. The quantitative estimate of drug-likeness (QED) is 0.910. The molecule has 4 nitrogen and oxygen atoms in total. The van der Waals surface area contributed by atoms with Crippen LogP contribution in [0.5, 0.6) is 0 Å². The minimum Gasteiger partial charge on any atom is -0.386 e. The van der Waals surface area contributed by atoms with E-state index in [1.807, 2.05) is 18.2 Å². The predicted molar refractivity (Wildman–Crippen MR) is 78.5 cm³/mol. The zero-order chi connectivity index (χ0) is 15.0. The van der Waals surface area contributed by atoms with Crippen molar-refractivity contribution in [2.75, 3.05) is 0 Å². The van der Waals surface area contributed by atoms with E-state index >= 15 is 0 Å². The Morgan fingerprint density at radius 2 is 1.60 bits per heavy atom. The first-order chi connectivity index (χ1) is 9.21. The summed E-state index contributed by atoms with van der Waals surface area (Å²) in [6.45, 7) is 3.23. The van der Waals surface area contributed by atoms with Gasteiger partial charge in [0.05, 0.1) is 10.5 Å². The number of nitrogens with two attached hydrogens (primary N) is 1. The molecule has 0 atom stereocenters. The van der Waals surface area contributed by atoms with Gasteiger partial charge >= 0.3 is 0 Å². The lowest BCUT2D eigenvalue weighted by Crippen LogP contribution is -2.20. The molecular weight excluding hydrogens is 274 g/mol. The number of sulfonamides is 1. The van der Waals surface area contributed by atoms with Gasteiger partial charge in [0.2, 0.25) is 10.0 Å². The molecule has 0 amide bonds. The van der Waals surface area contributed by atoms with Crippen LogP contribution in [0.1, 0.15) is 19.4 Å². The molecule has 0 aromatic heterocycles. The van der Waals surface area contributed by atoms with Crippen LogP contribution < -0.4 is 5.14 Å². The first-order valence-corrected chi connectivity index (χ1v) is 7.70. The van der Waals surface area contributed by atoms with Crippen LogP contribution in [0.15, 0.2) is 53.4 Å². The van der Waals surface area contributed by atoms with Crippen molar-refractivity contribution in [1.82, 2.24) is 0 Å². The number of aliphatic hydroxyl groups is 1. The molecular formula is C15H17NO3S. The Balaban J connectivity index is 2.87. The van der Waals surface area contributed by atoms with Gasteiger partial charge in [-0.15, -0.1) is 0 Å². The van der Waals surface area contributed by atoms with Crippen molar-refractivity contribution in [3.63, 3.8) is 0 Å². The zero-order valence-electron chi connectivity index (χ0n) is 11.4. The molecule has 0 fully saturated rings. The molecule has 0 aliphatic heterocycles. The first-order valence-electron chi connectivity index (χ1n) is 6.15. The van der Waals surface area contributed by atoms with E-state index in [1.165, 1.54) is 6.07 Å². The summed E-state index contributed by atoms with van der Waals surface area (Å²) in [5.41, 5.74) is 0.499. The van der Waals surface area contributed by atoms with Crippen LogP contribution in [0.3, 0.4) is 0 Å². The minimum absolute atomic E-state index is 0.0170. The second kappa shape index (κ2) is 5.01. The summed E-state index contributed by atoms with van der Waals surface area (Å²) in [4.78, 5) is 0.0170. The van der Waals surface area contributed by atoms with Crippen LogP contribution in [0, 0.1) is 0 Å². The van der Waals surface area contributed by atoms with Crippen LogP contribution in [-0.4, -0.2) is 13.5 Å². The topological polar surface area (TPSA) is 80.4 Å². The average Bonchev–Trinajstić information content (AvgIpc) is 2.37. The maximum absolute atomic E-state index is 11.8. The van der Waals surface area contributed by atoms with Gasteiger partial charge in [0.15, 0.2) is 0 Å². The highest BCUT2D eigenvalue weighted by Gasteiger charge is 2.26. The van der Waals surface area contributed by atoms with Gasteiger partial charge in [0.25, 0.3) is 0 Å². The number of hydrogen-bond donors (Lipinski definition) is 2. The molecule has 2 aromatic carbocycles. The van der Waals surface area contributed by atoms with Crippen molar-refractivity contribution in [3.8, 4) is 11.1 Å². The normalized spacial score (nSPS) is 12.4. The van der Waals surface area contributed by atoms with Crippen molar-refractivity contribution >= 4 is 10.0 Å². The van der Waals surface area contributed by atoms with Crippen molar-refractivity contribution in [2.24, 2.45) is 5.14 Å². The third-order valence-corrected chi connectivity index (χ3v) is 4.01. The van der Waals surface area contributed by atoms with Crippen LogP contribution in [0.4, 0.5) is 0 Å². The summed E-state index contributed by atoms with van der Waals surface area (Å²) in [6, 6.07) is 13.8. The second-order valence-electron chi connectivity index (χ2n) is 5.15. The number of rotatable bonds is 3. The number of primary sulfonamides is 1.